The highest BCUT2D eigenvalue weighted by Crippen LogP contribution is 2.24. The van der Waals surface area contributed by atoms with Gasteiger partial charge < -0.3 is 0 Å². The minimum Gasteiger partial charge on any atom is -0.276 e. The average Bonchev–Trinajstić information content (AvgIpc) is 2.38. The summed E-state index contributed by atoms with van der Waals surface area (Å²) in [5.41, 5.74) is 0.808. The quantitative estimate of drug-likeness (QED) is 0.839. The molecule has 0 aliphatic carbocycles. The van der Waals surface area contributed by atoms with Crippen LogP contribution in [0.25, 0.3) is 0 Å². The second-order valence-electron chi connectivity index (χ2n) is 4.23. The Bertz CT molecular complexity index is 766. The van der Waals surface area contributed by atoms with Gasteiger partial charge in [-0.15, -0.1) is 0 Å². The Hall–Kier alpha value is -1.36. The van der Waals surface area contributed by atoms with Gasteiger partial charge in [0.25, 0.3) is 5.12 Å². The number of rotatable bonds is 2. The fourth-order valence-electron chi connectivity index (χ4n) is 1.65. The number of benzene rings is 2. The first-order valence-electron chi connectivity index (χ1n) is 5.63. The second kappa shape index (κ2) is 5.56. The van der Waals surface area contributed by atoms with Crippen molar-refractivity contribution in [3.63, 3.8) is 0 Å². The normalized spacial score (nSPS) is 11.3. The van der Waals surface area contributed by atoms with Crippen molar-refractivity contribution in [3.8, 4) is 0 Å². The summed E-state index contributed by atoms with van der Waals surface area (Å²) < 4.78 is 24.5. The predicted molar refractivity (Wildman–Crippen MR) is 79.2 cm³/mol. The fraction of sp³-hybridized carbons (Fsp3) is 0.0714. The smallest absolute Gasteiger partial charge is 0.276 e. The molecule has 2 aromatic rings. The molecule has 0 atom stereocenters. The molecule has 0 saturated heterocycles. The van der Waals surface area contributed by atoms with Gasteiger partial charge in [-0.3, -0.25) is 4.79 Å². The number of halogens is 2. The lowest BCUT2D eigenvalue weighted by molar-refractivity contribution is 0.107. The van der Waals surface area contributed by atoms with Crippen molar-refractivity contribution in [2.45, 2.75) is 11.8 Å². The van der Waals surface area contributed by atoms with E-state index in [4.69, 9.17) is 23.2 Å². The van der Waals surface area contributed by atoms with Crippen LogP contribution in [-0.2, 0) is 9.84 Å². The van der Waals surface area contributed by atoms with E-state index < -0.39 is 15.0 Å². The van der Waals surface area contributed by atoms with Crippen LogP contribution in [0.2, 0.25) is 10.0 Å². The van der Waals surface area contributed by atoms with Crippen molar-refractivity contribution < 1.29 is 13.2 Å². The van der Waals surface area contributed by atoms with Crippen molar-refractivity contribution >= 4 is 38.2 Å². The zero-order chi connectivity index (χ0) is 14.9. The molecule has 0 heterocycles. The van der Waals surface area contributed by atoms with Gasteiger partial charge >= 0.3 is 0 Å². The number of hydrogen-bond acceptors (Lipinski definition) is 3. The Kier molecular flexibility index (Phi) is 4.18. The lowest BCUT2D eigenvalue weighted by atomic mass is 10.2. The maximum Gasteiger partial charge on any atom is 0.282 e. The van der Waals surface area contributed by atoms with Crippen molar-refractivity contribution in [1.29, 1.82) is 0 Å². The highest BCUT2D eigenvalue weighted by molar-refractivity contribution is 8.06. The van der Waals surface area contributed by atoms with Gasteiger partial charge in [-0.1, -0.05) is 29.3 Å². The summed E-state index contributed by atoms with van der Waals surface area (Å²) in [5, 5.41) is -0.512. The van der Waals surface area contributed by atoms with E-state index in [0.717, 1.165) is 5.56 Å². The van der Waals surface area contributed by atoms with Crippen molar-refractivity contribution in [2.75, 3.05) is 0 Å². The lowest BCUT2D eigenvalue weighted by Gasteiger charge is -2.06. The summed E-state index contributed by atoms with van der Waals surface area (Å²) in [7, 11) is -4.13. The molecule has 2 rings (SSSR count). The van der Waals surface area contributed by atoms with Crippen molar-refractivity contribution in [2.24, 2.45) is 0 Å². The van der Waals surface area contributed by atoms with E-state index in [1.165, 1.54) is 30.3 Å². The molecule has 0 saturated carbocycles. The maximum absolute atomic E-state index is 12.2. The van der Waals surface area contributed by atoms with Gasteiger partial charge in [0.05, 0.1) is 15.5 Å². The topological polar surface area (TPSA) is 51.2 Å². The molecule has 0 unspecified atom stereocenters. The van der Waals surface area contributed by atoms with Crippen LogP contribution in [0.4, 0.5) is 0 Å². The van der Waals surface area contributed by atoms with Crippen LogP contribution in [-0.4, -0.2) is 13.5 Å². The van der Waals surface area contributed by atoms with E-state index in [1.54, 1.807) is 19.1 Å². The van der Waals surface area contributed by atoms with E-state index in [2.05, 4.69) is 0 Å². The monoisotopic (exact) mass is 328 g/mol. The standard InChI is InChI=1S/C14H10Cl2O3S/c1-9-2-7-12(13(16)8-9)14(17)20(18,19)11-5-3-10(15)4-6-11/h2-8H,1H3. The number of hydrogen-bond donors (Lipinski definition) is 0. The van der Waals surface area contributed by atoms with Gasteiger partial charge in [0.2, 0.25) is 9.84 Å². The van der Waals surface area contributed by atoms with Crippen molar-refractivity contribution in [1.82, 2.24) is 0 Å². The first-order chi connectivity index (χ1) is 9.32. The predicted octanol–water partition coefficient (Wildman–Crippen LogP) is 3.92. The molecular formula is C14H10Cl2O3S. The second-order valence-corrected chi connectivity index (χ2v) is 6.92. The molecule has 2 aromatic carbocycles. The highest BCUT2D eigenvalue weighted by atomic mass is 35.5. The van der Waals surface area contributed by atoms with Gasteiger partial charge in [0, 0.05) is 5.02 Å². The number of sulfone groups is 1. The summed E-state index contributed by atoms with van der Waals surface area (Å²) in [6.07, 6.45) is 0. The van der Waals surface area contributed by atoms with Crippen LogP contribution in [0.1, 0.15) is 15.9 Å². The molecule has 3 nitrogen and oxygen atoms in total. The van der Waals surface area contributed by atoms with Crippen LogP contribution < -0.4 is 0 Å². The van der Waals surface area contributed by atoms with E-state index in [9.17, 15) is 13.2 Å². The minimum atomic E-state index is -4.13. The summed E-state index contributed by atoms with van der Waals surface area (Å²) in [6.45, 7) is 1.80. The number of aryl methyl sites for hydroxylation is 1. The maximum atomic E-state index is 12.2. The Balaban J connectivity index is 2.49. The zero-order valence-electron chi connectivity index (χ0n) is 10.4. The van der Waals surface area contributed by atoms with Crippen LogP contribution in [0.3, 0.4) is 0 Å². The molecule has 0 amide bonds. The third-order valence-corrected chi connectivity index (χ3v) is 4.88. The first kappa shape index (κ1) is 15.0. The molecule has 0 fully saturated rings. The largest absolute Gasteiger partial charge is 0.282 e. The molecular weight excluding hydrogens is 319 g/mol. The molecule has 0 aliphatic heterocycles. The molecule has 20 heavy (non-hydrogen) atoms. The molecule has 0 aromatic heterocycles. The van der Waals surface area contributed by atoms with E-state index in [-0.39, 0.29) is 15.5 Å². The Labute approximate surface area is 127 Å². The fourth-order valence-corrected chi connectivity index (χ4v) is 3.33. The SMILES string of the molecule is Cc1ccc(C(=O)S(=O)(=O)c2ccc(Cl)cc2)c(Cl)c1. The van der Waals surface area contributed by atoms with E-state index >= 15 is 0 Å². The van der Waals surface area contributed by atoms with Gasteiger partial charge in [0.1, 0.15) is 0 Å². The van der Waals surface area contributed by atoms with Gasteiger partial charge in [-0.25, -0.2) is 8.42 Å². The molecule has 0 aliphatic rings. The lowest BCUT2D eigenvalue weighted by Crippen LogP contribution is -2.15. The Morgan fingerprint density at radius 1 is 1.00 bits per heavy atom. The summed E-state index contributed by atoms with van der Waals surface area (Å²) in [4.78, 5) is 12.1. The first-order valence-corrected chi connectivity index (χ1v) is 7.87. The molecule has 0 spiro atoms. The number of carbonyl (C=O) groups is 1. The number of carbonyl (C=O) groups excluding carboxylic acids is 1. The van der Waals surface area contributed by atoms with Crippen LogP contribution in [0, 0.1) is 6.92 Å². The Morgan fingerprint density at radius 2 is 1.60 bits per heavy atom. The zero-order valence-corrected chi connectivity index (χ0v) is 12.8. The van der Waals surface area contributed by atoms with Crippen LogP contribution in [0.5, 0.6) is 0 Å². The third-order valence-electron chi connectivity index (χ3n) is 2.71. The minimum absolute atomic E-state index is 0.0350. The molecule has 104 valence electrons. The Morgan fingerprint density at radius 3 is 2.15 bits per heavy atom. The molecule has 0 bridgehead atoms. The average molecular weight is 329 g/mol. The molecule has 6 heteroatoms. The van der Waals surface area contributed by atoms with Crippen LogP contribution in [0.15, 0.2) is 47.4 Å². The highest BCUT2D eigenvalue weighted by Gasteiger charge is 2.27. The van der Waals surface area contributed by atoms with Gasteiger partial charge in [-0.05, 0) is 48.9 Å². The van der Waals surface area contributed by atoms with Crippen LogP contribution >= 0.6 is 23.2 Å². The molecule has 0 N–H and O–H groups in total. The van der Waals surface area contributed by atoms with Gasteiger partial charge in [-0.2, -0.15) is 0 Å². The van der Waals surface area contributed by atoms with Crippen molar-refractivity contribution in [3.05, 3.63) is 63.6 Å². The van der Waals surface area contributed by atoms with E-state index in [0.29, 0.717) is 5.02 Å². The summed E-state index contributed by atoms with van der Waals surface area (Å²) >= 11 is 11.6. The molecule has 0 radical (unpaired) electrons. The third kappa shape index (κ3) is 2.87. The summed E-state index contributed by atoms with van der Waals surface area (Å²) in [5.74, 6) is 0. The summed E-state index contributed by atoms with van der Waals surface area (Å²) in [6, 6.07) is 10.0. The van der Waals surface area contributed by atoms with E-state index in [1.807, 2.05) is 0 Å². The van der Waals surface area contributed by atoms with Gasteiger partial charge in [0.15, 0.2) is 0 Å².